The summed E-state index contributed by atoms with van der Waals surface area (Å²) in [5.41, 5.74) is 0.136. The van der Waals surface area contributed by atoms with Gasteiger partial charge >= 0.3 is 0 Å². The Kier molecular flexibility index (Phi) is 6.25. The fourth-order valence-corrected chi connectivity index (χ4v) is 4.83. The van der Waals surface area contributed by atoms with Crippen LogP contribution in [-0.2, 0) is 14.6 Å². The van der Waals surface area contributed by atoms with E-state index in [2.05, 4.69) is 4.98 Å². The van der Waals surface area contributed by atoms with Gasteiger partial charge in [0.05, 0.1) is 9.60 Å². The monoisotopic (exact) mass is 439 g/mol. The Labute approximate surface area is 171 Å². The standard InChI is InChI=1S/C19H19F2N3O3S2/c1-23(2)10-11-24(19-22-18-15(21)4-3-5-16(18)28-19)17(25)12-29(26,27)14-8-6-13(20)7-9-14/h3-9H,10-12H2,1-2H3. The van der Waals surface area contributed by atoms with Crippen molar-refractivity contribution in [1.29, 1.82) is 0 Å². The highest BCUT2D eigenvalue weighted by Gasteiger charge is 2.27. The van der Waals surface area contributed by atoms with Crippen LogP contribution in [0, 0.1) is 11.6 Å². The van der Waals surface area contributed by atoms with E-state index in [-0.39, 0.29) is 22.1 Å². The SMILES string of the molecule is CN(C)CCN(C(=O)CS(=O)(=O)c1ccc(F)cc1)c1nc2c(F)cccc2s1. The van der Waals surface area contributed by atoms with E-state index in [0.29, 0.717) is 11.2 Å². The number of anilines is 1. The molecular formula is C19H19F2N3O3S2. The number of para-hydroxylation sites is 1. The molecule has 6 nitrogen and oxygen atoms in total. The fourth-order valence-electron chi connectivity index (χ4n) is 2.61. The molecule has 154 valence electrons. The van der Waals surface area contributed by atoms with Crippen molar-refractivity contribution in [2.75, 3.05) is 37.8 Å². The van der Waals surface area contributed by atoms with Gasteiger partial charge in [-0.15, -0.1) is 0 Å². The van der Waals surface area contributed by atoms with Gasteiger partial charge in [0, 0.05) is 13.1 Å². The summed E-state index contributed by atoms with van der Waals surface area (Å²) >= 11 is 1.11. The Morgan fingerprint density at radius 3 is 2.38 bits per heavy atom. The van der Waals surface area contributed by atoms with E-state index < -0.39 is 33.1 Å². The predicted molar refractivity (Wildman–Crippen MR) is 109 cm³/mol. The summed E-state index contributed by atoms with van der Waals surface area (Å²) in [6, 6.07) is 8.80. The summed E-state index contributed by atoms with van der Waals surface area (Å²) in [4.78, 5) is 20.1. The van der Waals surface area contributed by atoms with Crippen LogP contribution in [0.3, 0.4) is 0 Å². The molecule has 1 heterocycles. The van der Waals surface area contributed by atoms with Crippen LogP contribution in [0.15, 0.2) is 47.4 Å². The minimum atomic E-state index is -3.97. The molecule has 0 aliphatic heterocycles. The van der Waals surface area contributed by atoms with Gasteiger partial charge in [0.15, 0.2) is 15.0 Å². The number of fused-ring (bicyclic) bond motifs is 1. The van der Waals surface area contributed by atoms with E-state index in [1.807, 2.05) is 19.0 Å². The third kappa shape index (κ3) is 4.95. The van der Waals surface area contributed by atoms with Gasteiger partial charge in [0.2, 0.25) is 5.91 Å². The maximum absolute atomic E-state index is 14.0. The third-order valence-corrected chi connectivity index (χ3v) is 6.81. The lowest BCUT2D eigenvalue weighted by molar-refractivity contribution is -0.116. The number of hydrogen-bond acceptors (Lipinski definition) is 6. The van der Waals surface area contributed by atoms with E-state index in [0.717, 1.165) is 35.6 Å². The van der Waals surface area contributed by atoms with Crippen molar-refractivity contribution >= 4 is 42.4 Å². The van der Waals surface area contributed by atoms with Crippen molar-refractivity contribution < 1.29 is 22.0 Å². The zero-order valence-electron chi connectivity index (χ0n) is 15.8. The van der Waals surface area contributed by atoms with Crippen molar-refractivity contribution in [2.45, 2.75) is 4.90 Å². The quantitative estimate of drug-likeness (QED) is 0.530. The molecule has 1 amide bonds. The van der Waals surface area contributed by atoms with Crippen molar-refractivity contribution in [2.24, 2.45) is 0 Å². The number of aromatic nitrogens is 1. The first kappa shape index (κ1) is 21.3. The topological polar surface area (TPSA) is 70.6 Å². The number of rotatable bonds is 7. The van der Waals surface area contributed by atoms with Crippen molar-refractivity contribution in [3.05, 3.63) is 54.1 Å². The number of likely N-dealkylation sites (N-methyl/N-ethyl adjacent to an activating group) is 1. The molecule has 1 aromatic heterocycles. The van der Waals surface area contributed by atoms with Gasteiger partial charge in [-0.2, -0.15) is 0 Å². The van der Waals surface area contributed by atoms with Crippen LogP contribution in [0.4, 0.5) is 13.9 Å². The van der Waals surface area contributed by atoms with Crippen molar-refractivity contribution in [3.8, 4) is 0 Å². The summed E-state index contributed by atoms with van der Waals surface area (Å²) in [5.74, 6) is -2.57. The number of sulfone groups is 1. The van der Waals surface area contributed by atoms with E-state index in [9.17, 15) is 22.0 Å². The molecule has 0 bridgehead atoms. The zero-order valence-corrected chi connectivity index (χ0v) is 17.4. The maximum atomic E-state index is 14.0. The second kappa shape index (κ2) is 8.52. The lowest BCUT2D eigenvalue weighted by Gasteiger charge is -2.22. The molecule has 3 aromatic rings. The van der Waals surface area contributed by atoms with Gasteiger partial charge in [-0.25, -0.2) is 22.2 Å². The number of benzene rings is 2. The average molecular weight is 440 g/mol. The van der Waals surface area contributed by atoms with Gasteiger partial charge in [-0.05, 0) is 50.5 Å². The van der Waals surface area contributed by atoms with E-state index in [1.165, 1.54) is 11.0 Å². The smallest absolute Gasteiger partial charge is 0.244 e. The lowest BCUT2D eigenvalue weighted by atomic mass is 10.3. The first-order chi connectivity index (χ1) is 13.7. The Morgan fingerprint density at radius 2 is 1.76 bits per heavy atom. The zero-order chi connectivity index (χ0) is 21.2. The summed E-state index contributed by atoms with van der Waals surface area (Å²) in [6.07, 6.45) is 0. The Bertz CT molecular complexity index is 1130. The average Bonchev–Trinajstić information content (AvgIpc) is 3.07. The van der Waals surface area contributed by atoms with Crippen LogP contribution < -0.4 is 4.90 Å². The molecule has 29 heavy (non-hydrogen) atoms. The first-order valence-electron chi connectivity index (χ1n) is 8.66. The lowest BCUT2D eigenvalue weighted by Crippen LogP contribution is -2.40. The molecular weight excluding hydrogens is 420 g/mol. The van der Waals surface area contributed by atoms with Gasteiger partial charge in [0.1, 0.15) is 22.9 Å². The largest absolute Gasteiger partial charge is 0.308 e. The van der Waals surface area contributed by atoms with Crippen molar-refractivity contribution in [1.82, 2.24) is 9.88 Å². The van der Waals surface area contributed by atoms with E-state index in [1.54, 1.807) is 12.1 Å². The normalized spacial score (nSPS) is 11.9. The number of nitrogens with zero attached hydrogens (tertiary/aromatic N) is 3. The molecule has 0 radical (unpaired) electrons. The molecule has 0 spiro atoms. The molecule has 0 aliphatic carbocycles. The number of carbonyl (C=O) groups excluding carboxylic acids is 1. The molecule has 0 saturated carbocycles. The molecule has 0 unspecified atom stereocenters. The number of carbonyl (C=O) groups is 1. The second-order valence-electron chi connectivity index (χ2n) is 6.64. The van der Waals surface area contributed by atoms with Gasteiger partial charge in [-0.1, -0.05) is 17.4 Å². The minimum Gasteiger partial charge on any atom is -0.308 e. The summed E-state index contributed by atoms with van der Waals surface area (Å²) in [5, 5.41) is 0.228. The molecule has 0 fully saturated rings. The number of hydrogen-bond donors (Lipinski definition) is 0. The summed E-state index contributed by atoms with van der Waals surface area (Å²) in [7, 11) is -0.344. The molecule has 2 aromatic carbocycles. The minimum absolute atomic E-state index is 0.136. The fraction of sp³-hybridized carbons (Fsp3) is 0.263. The molecule has 0 N–H and O–H groups in total. The third-order valence-electron chi connectivity index (χ3n) is 4.15. The highest BCUT2D eigenvalue weighted by atomic mass is 32.2. The van der Waals surface area contributed by atoms with E-state index >= 15 is 0 Å². The van der Waals surface area contributed by atoms with Crippen LogP contribution >= 0.6 is 11.3 Å². The Morgan fingerprint density at radius 1 is 1.07 bits per heavy atom. The highest BCUT2D eigenvalue weighted by molar-refractivity contribution is 7.92. The van der Waals surface area contributed by atoms with Crippen LogP contribution in [0.25, 0.3) is 10.2 Å². The molecule has 0 saturated heterocycles. The van der Waals surface area contributed by atoms with Crippen LogP contribution in [0.2, 0.25) is 0 Å². The number of halogens is 2. The number of thiazole rings is 1. The van der Waals surface area contributed by atoms with Crippen LogP contribution in [-0.4, -0.2) is 57.1 Å². The van der Waals surface area contributed by atoms with Crippen LogP contribution in [0.5, 0.6) is 0 Å². The maximum Gasteiger partial charge on any atom is 0.244 e. The Hall–Kier alpha value is -2.43. The van der Waals surface area contributed by atoms with Gasteiger partial charge < -0.3 is 4.90 Å². The van der Waals surface area contributed by atoms with Gasteiger partial charge in [-0.3, -0.25) is 9.69 Å². The Balaban J connectivity index is 1.92. The molecule has 0 atom stereocenters. The van der Waals surface area contributed by atoms with E-state index in [4.69, 9.17) is 0 Å². The predicted octanol–water partition coefficient (Wildman–Crippen LogP) is 2.94. The van der Waals surface area contributed by atoms with Gasteiger partial charge in [0.25, 0.3) is 0 Å². The summed E-state index contributed by atoms with van der Waals surface area (Å²) in [6.45, 7) is 0.646. The molecule has 10 heteroatoms. The summed E-state index contributed by atoms with van der Waals surface area (Å²) < 4.78 is 52.8. The first-order valence-corrected chi connectivity index (χ1v) is 11.1. The molecule has 0 aliphatic rings. The number of amides is 1. The second-order valence-corrected chi connectivity index (χ2v) is 9.64. The molecule has 3 rings (SSSR count). The van der Waals surface area contributed by atoms with Crippen molar-refractivity contribution in [3.63, 3.8) is 0 Å². The highest BCUT2D eigenvalue weighted by Crippen LogP contribution is 2.30. The van der Waals surface area contributed by atoms with Crippen LogP contribution in [0.1, 0.15) is 0 Å².